The van der Waals surface area contributed by atoms with E-state index in [1.807, 2.05) is 19.2 Å². The number of anilines is 1. The molecular weight excluding hydrogens is 382 g/mol. The van der Waals surface area contributed by atoms with Crippen molar-refractivity contribution in [1.29, 1.82) is 0 Å². The normalized spacial score (nSPS) is 12.6. The number of hydrogen-bond acceptors (Lipinski definition) is 4. The van der Waals surface area contributed by atoms with Gasteiger partial charge >= 0.3 is 0 Å². The first-order valence-corrected chi connectivity index (χ1v) is 8.98. The SMILES string of the molecule is CNc1cccc(C2CC2)c1COc1ccc(Br)cc1C.NNC=O. The summed E-state index contributed by atoms with van der Waals surface area (Å²) in [5.74, 6) is 6.08. The second kappa shape index (κ2) is 9.44. The lowest BCUT2D eigenvalue weighted by molar-refractivity contribution is -0.109. The van der Waals surface area contributed by atoms with Crippen LogP contribution in [0.1, 0.15) is 35.4 Å². The van der Waals surface area contributed by atoms with Crippen molar-refractivity contribution >= 4 is 28.0 Å². The van der Waals surface area contributed by atoms with Crippen molar-refractivity contribution in [3.8, 4) is 5.75 Å². The standard InChI is InChI=1S/C18H20BrNO.CH4N2O/c1-12-10-14(19)8-9-18(12)21-11-16-15(13-6-7-13)4-3-5-17(16)20-2;2-3-1-4/h3-5,8-10,13,20H,6-7,11H2,1-2H3;1H,2H2,(H,3,4). The van der Waals surface area contributed by atoms with Gasteiger partial charge in [-0.3, -0.25) is 10.2 Å². The zero-order chi connectivity index (χ0) is 18.2. The quantitative estimate of drug-likeness (QED) is 0.295. The highest BCUT2D eigenvalue weighted by Gasteiger charge is 2.27. The Hall–Kier alpha value is -2.05. The van der Waals surface area contributed by atoms with E-state index < -0.39 is 0 Å². The lowest BCUT2D eigenvalue weighted by Crippen LogP contribution is -2.18. The fourth-order valence-electron chi connectivity index (χ4n) is 2.70. The van der Waals surface area contributed by atoms with E-state index in [4.69, 9.17) is 9.53 Å². The van der Waals surface area contributed by atoms with Crippen LogP contribution >= 0.6 is 15.9 Å². The van der Waals surface area contributed by atoms with E-state index in [2.05, 4.69) is 58.3 Å². The summed E-state index contributed by atoms with van der Waals surface area (Å²) in [5, 5.41) is 3.29. The highest BCUT2D eigenvalue weighted by molar-refractivity contribution is 9.10. The van der Waals surface area contributed by atoms with Gasteiger partial charge in [0.1, 0.15) is 12.4 Å². The topological polar surface area (TPSA) is 76.4 Å². The molecule has 2 aromatic rings. The average molecular weight is 406 g/mol. The summed E-state index contributed by atoms with van der Waals surface area (Å²) in [6.45, 7) is 2.69. The van der Waals surface area contributed by atoms with Crippen LogP contribution in [0.3, 0.4) is 0 Å². The molecule has 3 rings (SSSR count). The summed E-state index contributed by atoms with van der Waals surface area (Å²) < 4.78 is 7.16. The van der Waals surface area contributed by atoms with Crippen LogP contribution < -0.4 is 21.3 Å². The predicted molar refractivity (Wildman–Crippen MR) is 105 cm³/mol. The van der Waals surface area contributed by atoms with Crippen molar-refractivity contribution in [3.05, 3.63) is 57.6 Å². The highest BCUT2D eigenvalue weighted by atomic mass is 79.9. The lowest BCUT2D eigenvalue weighted by Gasteiger charge is -2.16. The number of halogens is 1. The Kier molecular flexibility index (Phi) is 7.28. The van der Waals surface area contributed by atoms with Gasteiger partial charge in [-0.1, -0.05) is 28.1 Å². The number of hydrazine groups is 1. The molecule has 0 bridgehead atoms. The Morgan fingerprint density at radius 1 is 1.32 bits per heavy atom. The molecule has 1 saturated carbocycles. The van der Waals surface area contributed by atoms with Gasteiger partial charge in [-0.2, -0.15) is 0 Å². The monoisotopic (exact) mass is 405 g/mol. The van der Waals surface area contributed by atoms with Gasteiger partial charge < -0.3 is 10.1 Å². The fraction of sp³-hybridized carbons (Fsp3) is 0.316. The Labute approximate surface area is 157 Å². The van der Waals surface area contributed by atoms with E-state index >= 15 is 0 Å². The number of benzene rings is 2. The molecule has 0 aliphatic heterocycles. The van der Waals surface area contributed by atoms with Crippen molar-refractivity contribution in [1.82, 2.24) is 5.43 Å². The van der Waals surface area contributed by atoms with Crippen LogP contribution in [-0.2, 0) is 11.4 Å². The molecule has 6 heteroatoms. The van der Waals surface area contributed by atoms with Crippen LogP contribution in [0, 0.1) is 6.92 Å². The Morgan fingerprint density at radius 2 is 2.04 bits per heavy atom. The zero-order valence-corrected chi connectivity index (χ0v) is 16.1. The maximum absolute atomic E-state index is 8.94. The molecule has 0 radical (unpaired) electrons. The van der Waals surface area contributed by atoms with E-state index in [1.165, 1.54) is 29.7 Å². The molecule has 1 fully saturated rings. The summed E-state index contributed by atoms with van der Waals surface area (Å²) in [4.78, 5) is 8.94. The predicted octanol–water partition coefficient (Wildman–Crippen LogP) is 3.86. The van der Waals surface area contributed by atoms with Crippen LogP contribution in [0.2, 0.25) is 0 Å². The van der Waals surface area contributed by atoms with E-state index in [-0.39, 0.29) is 0 Å². The third-order valence-corrected chi connectivity index (χ3v) is 4.57. The third-order valence-electron chi connectivity index (χ3n) is 4.08. The Bertz CT molecular complexity index is 718. The van der Waals surface area contributed by atoms with Gasteiger partial charge in [0.2, 0.25) is 6.41 Å². The number of rotatable bonds is 6. The molecule has 1 amide bonds. The molecule has 0 saturated heterocycles. The fourth-order valence-corrected chi connectivity index (χ4v) is 3.18. The van der Waals surface area contributed by atoms with Gasteiger partial charge in [-0.25, -0.2) is 5.84 Å². The molecule has 0 heterocycles. The van der Waals surface area contributed by atoms with E-state index in [9.17, 15) is 0 Å². The number of carbonyl (C=O) groups excluding carboxylic acids is 1. The Balaban J connectivity index is 0.000000511. The van der Waals surface area contributed by atoms with Gasteiger partial charge in [0, 0.05) is 22.8 Å². The molecule has 134 valence electrons. The van der Waals surface area contributed by atoms with Crippen molar-refractivity contribution in [3.63, 3.8) is 0 Å². The van der Waals surface area contributed by atoms with Crippen molar-refractivity contribution in [2.75, 3.05) is 12.4 Å². The number of aryl methyl sites for hydroxylation is 1. The first kappa shape index (κ1) is 19.3. The highest BCUT2D eigenvalue weighted by Crippen LogP contribution is 2.43. The van der Waals surface area contributed by atoms with Crippen molar-refractivity contribution in [2.24, 2.45) is 5.84 Å². The molecule has 1 aliphatic rings. The first-order chi connectivity index (χ1) is 12.1. The second-order valence-corrected chi connectivity index (χ2v) is 6.80. The number of hydrogen-bond donors (Lipinski definition) is 3. The zero-order valence-electron chi connectivity index (χ0n) is 14.5. The molecule has 1 aliphatic carbocycles. The number of nitrogens with one attached hydrogen (secondary N) is 2. The van der Waals surface area contributed by atoms with Crippen LogP contribution in [0.5, 0.6) is 5.75 Å². The molecule has 0 unspecified atom stereocenters. The Morgan fingerprint density at radius 3 is 2.60 bits per heavy atom. The smallest absolute Gasteiger partial charge is 0.221 e. The van der Waals surface area contributed by atoms with Gasteiger partial charge in [-0.15, -0.1) is 0 Å². The molecule has 0 spiro atoms. The van der Waals surface area contributed by atoms with Gasteiger partial charge in [0.25, 0.3) is 0 Å². The van der Waals surface area contributed by atoms with Gasteiger partial charge in [-0.05, 0) is 61.1 Å². The number of nitrogens with two attached hydrogens (primary N) is 1. The van der Waals surface area contributed by atoms with Crippen LogP contribution in [-0.4, -0.2) is 13.5 Å². The largest absolute Gasteiger partial charge is 0.489 e. The summed E-state index contributed by atoms with van der Waals surface area (Å²) in [5.41, 5.74) is 6.81. The molecule has 25 heavy (non-hydrogen) atoms. The van der Waals surface area contributed by atoms with Crippen molar-refractivity contribution < 1.29 is 9.53 Å². The summed E-state index contributed by atoms with van der Waals surface area (Å²) in [6, 6.07) is 12.6. The lowest BCUT2D eigenvalue weighted by atomic mass is 10.0. The van der Waals surface area contributed by atoms with E-state index in [0.29, 0.717) is 13.0 Å². The van der Waals surface area contributed by atoms with E-state index in [1.54, 1.807) is 5.43 Å². The molecular formula is C19H24BrN3O2. The molecule has 0 aromatic heterocycles. The maximum Gasteiger partial charge on any atom is 0.221 e. The molecule has 5 nitrogen and oxygen atoms in total. The van der Waals surface area contributed by atoms with E-state index in [0.717, 1.165) is 21.7 Å². The third kappa shape index (κ3) is 5.47. The minimum absolute atomic E-state index is 0.403. The summed E-state index contributed by atoms with van der Waals surface area (Å²) >= 11 is 3.49. The molecule has 0 atom stereocenters. The minimum atomic E-state index is 0.403. The van der Waals surface area contributed by atoms with Gasteiger partial charge in [0.05, 0.1) is 0 Å². The number of amides is 1. The van der Waals surface area contributed by atoms with Crippen molar-refractivity contribution in [2.45, 2.75) is 32.3 Å². The first-order valence-electron chi connectivity index (χ1n) is 8.19. The molecule has 4 N–H and O–H groups in total. The summed E-state index contributed by atoms with van der Waals surface area (Å²) in [6.07, 6.45) is 3.01. The second-order valence-electron chi connectivity index (χ2n) is 5.88. The summed E-state index contributed by atoms with van der Waals surface area (Å²) in [7, 11) is 1.97. The minimum Gasteiger partial charge on any atom is -0.489 e. The van der Waals surface area contributed by atoms with Crippen LogP contribution in [0.15, 0.2) is 40.9 Å². The van der Waals surface area contributed by atoms with Crippen LogP contribution in [0.4, 0.5) is 5.69 Å². The maximum atomic E-state index is 8.94. The number of ether oxygens (including phenoxy) is 1. The number of carbonyl (C=O) groups is 1. The van der Waals surface area contributed by atoms with Gasteiger partial charge in [0.15, 0.2) is 0 Å². The molecule has 2 aromatic carbocycles. The van der Waals surface area contributed by atoms with Crippen LogP contribution in [0.25, 0.3) is 0 Å². The average Bonchev–Trinajstić information content (AvgIpc) is 3.46.